The molecule has 22 heavy (non-hydrogen) atoms. The molecule has 13 heteroatoms. The highest BCUT2D eigenvalue weighted by Gasteiger charge is 2.37. The van der Waals surface area contributed by atoms with Gasteiger partial charge in [0.05, 0.1) is 26.4 Å². The van der Waals surface area contributed by atoms with E-state index in [4.69, 9.17) is 18.1 Å². The van der Waals surface area contributed by atoms with Crippen LogP contribution in [0.25, 0.3) is 0 Å². The first-order valence-electron chi connectivity index (χ1n) is 6.31. The normalized spacial score (nSPS) is 23.1. The Bertz CT molecular complexity index is 660. The van der Waals surface area contributed by atoms with Crippen LogP contribution < -0.4 is 5.69 Å². The second-order valence-electron chi connectivity index (χ2n) is 4.62. The summed E-state index contributed by atoms with van der Waals surface area (Å²) in [7, 11) is -7.12. The minimum atomic E-state index is -3.56. The van der Waals surface area contributed by atoms with E-state index in [0.29, 0.717) is 9.13 Å². The fourth-order valence-electron chi connectivity index (χ4n) is 2.11. The Morgan fingerprint density at radius 1 is 0.818 bits per heavy atom. The first-order valence-corrected chi connectivity index (χ1v) is 9.77. The van der Waals surface area contributed by atoms with Gasteiger partial charge in [-0.3, -0.25) is 9.13 Å². The number of hydrogen-bond acceptors (Lipinski definition) is 9. The zero-order valence-electron chi connectivity index (χ0n) is 11.3. The van der Waals surface area contributed by atoms with Gasteiger partial charge >= 0.3 is 20.9 Å². The van der Waals surface area contributed by atoms with Crippen LogP contribution in [0.4, 0.5) is 0 Å². The van der Waals surface area contributed by atoms with Crippen molar-refractivity contribution in [2.45, 2.75) is 12.6 Å². The molecule has 3 rings (SSSR count). The van der Waals surface area contributed by atoms with Crippen LogP contribution in [0.5, 0.6) is 11.8 Å². The van der Waals surface area contributed by atoms with Gasteiger partial charge in [0, 0.05) is 0 Å². The summed E-state index contributed by atoms with van der Waals surface area (Å²) in [5, 5.41) is 19.6. The zero-order chi connectivity index (χ0) is 16.0. The molecule has 11 nitrogen and oxygen atoms in total. The zero-order valence-corrected chi connectivity index (χ0v) is 13.1. The average molecular weight is 356 g/mol. The van der Waals surface area contributed by atoms with Crippen LogP contribution in [0.1, 0.15) is 0 Å². The van der Waals surface area contributed by atoms with Gasteiger partial charge in [-0.25, -0.2) is 13.9 Å². The number of aromatic hydroxyl groups is 2. The van der Waals surface area contributed by atoms with Gasteiger partial charge in [-0.05, 0) is 0 Å². The van der Waals surface area contributed by atoms with Gasteiger partial charge in [0.1, 0.15) is 12.6 Å². The van der Waals surface area contributed by atoms with Crippen molar-refractivity contribution in [1.82, 2.24) is 9.13 Å². The van der Waals surface area contributed by atoms with E-state index in [1.807, 2.05) is 0 Å². The summed E-state index contributed by atoms with van der Waals surface area (Å²) in [6.07, 6.45) is -1.13. The van der Waals surface area contributed by atoms with E-state index >= 15 is 0 Å². The largest absolute Gasteiger partial charge is 0.491 e. The molecule has 2 aliphatic heterocycles. The quantitative estimate of drug-likeness (QED) is 0.736. The van der Waals surface area contributed by atoms with Crippen molar-refractivity contribution in [1.29, 1.82) is 0 Å². The van der Waals surface area contributed by atoms with E-state index in [1.54, 1.807) is 0 Å². The molecular formula is C9H14N2O9P2. The van der Waals surface area contributed by atoms with Gasteiger partial charge in [-0.1, -0.05) is 0 Å². The van der Waals surface area contributed by atoms with Gasteiger partial charge in [0.15, 0.2) is 0 Å². The third-order valence-corrected chi connectivity index (χ3v) is 6.68. The minimum absolute atomic E-state index is 0.108. The minimum Gasteiger partial charge on any atom is -0.491 e. The lowest BCUT2D eigenvalue weighted by Crippen LogP contribution is -2.24. The summed E-state index contributed by atoms with van der Waals surface area (Å²) >= 11 is 0. The summed E-state index contributed by atoms with van der Waals surface area (Å²) < 4.78 is 45.2. The highest BCUT2D eigenvalue weighted by Crippen LogP contribution is 2.55. The van der Waals surface area contributed by atoms with E-state index in [0.717, 1.165) is 0 Å². The maximum atomic E-state index is 12.2. The summed E-state index contributed by atoms with van der Waals surface area (Å²) in [6, 6.07) is 0. The second-order valence-corrected chi connectivity index (χ2v) is 8.67. The summed E-state index contributed by atoms with van der Waals surface area (Å²) in [5.41, 5.74) is -0.932. The lowest BCUT2D eigenvalue weighted by Gasteiger charge is -2.10. The van der Waals surface area contributed by atoms with E-state index in [-0.39, 0.29) is 26.4 Å². The smallest absolute Gasteiger partial charge is 0.350 e. The van der Waals surface area contributed by atoms with Crippen LogP contribution in [0, 0.1) is 0 Å². The van der Waals surface area contributed by atoms with Crippen LogP contribution in [0.2, 0.25) is 0 Å². The predicted octanol–water partition coefficient (Wildman–Crippen LogP) is 0.456. The van der Waals surface area contributed by atoms with Crippen molar-refractivity contribution >= 4 is 15.2 Å². The monoisotopic (exact) mass is 356 g/mol. The van der Waals surface area contributed by atoms with Crippen LogP contribution in [0.3, 0.4) is 0 Å². The molecule has 2 fully saturated rings. The molecule has 0 bridgehead atoms. The molecule has 3 heterocycles. The van der Waals surface area contributed by atoms with Crippen molar-refractivity contribution in [3.05, 3.63) is 10.5 Å². The summed E-state index contributed by atoms with van der Waals surface area (Å²) in [6.45, 7) is 0.430. The van der Waals surface area contributed by atoms with Crippen molar-refractivity contribution in [2.75, 3.05) is 26.4 Å². The third-order valence-electron chi connectivity index (χ3n) is 3.12. The first-order chi connectivity index (χ1) is 10.3. The molecule has 1 aromatic rings. The average Bonchev–Trinajstić information content (AvgIpc) is 3.13. The maximum Gasteiger partial charge on any atom is 0.350 e. The van der Waals surface area contributed by atoms with Gasteiger partial charge < -0.3 is 28.3 Å². The molecular weight excluding hydrogens is 342 g/mol. The predicted molar refractivity (Wildman–Crippen MR) is 71.0 cm³/mol. The van der Waals surface area contributed by atoms with E-state index in [1.165, 1.54) is 0 Å². The topological polar surface area (TPSA) is 138 Å². The van der Waals surface area contributed by atoms with E-state index in [2.05, 4.69) is 0 Å². The molecule has 0 atom stereocenters. The Balaban J connectivity index is 1.92. The Kier molecular flexibility index (Phi) is 3.96. The number of nitrogens with zero attached hydrogens (tertiary/aromatic N) is 2. The summed E-state index contributed by atoms with van der Waals surface area (Å²) in [4.78, 5) is 12.2. The van der Waals surface area contributed by atoms with Gasteiger partial charge in [-0.15, -0.1) is 0 Å². The fourth-order valence-corrected chi connectivity index (χ4v) is 5.20. The maximum absolute atomic E-state index is 12.2. The van der Waals surface area contributed by atoms with E-state index < -0.39 is 45.2 Å². The molecule has 0 amide bonds. The first kappa shape index (κ1) is 15.8. The summed E-state index contributed by atoms with van der Waals surface area (Å²) in [5.74, 6) is -1.66. The molecule has 2 saturated heterocycles. The lowest BCUT2D eigenvalue weighted by atomic mass is 10.7. The van der Waals surface area contributed by atoms with Gasteiger partial charge in [0.25, 0.3) is 11.8 Å². The van der Waals surface area contributed by atoms with Gasteiger partial charge in [0.2, 0.25) is 0 Å². The van der Waals surface area contributed by atoms with E-state index in [9.17, 15) is 24.1 Å². The lowest BCUT2D eigenvalue weighted by molar-refractivity contribution is 0.326. The van der Waals surface area contributed by atoms with Crippen LogP contribution >= 0.6 is 15.2 Å². The standard InChI is InChI=1S/C9H14N2O9P2/c12-7-8(13)11(6-22(16)19-3-4-20-22)9(14)10(7)5-21(15)17-1-2-18-21/h12-13H,1-6H2. The number of rotatable bonds is 4. The third kappa shape index (κ3) is 2.76. The molecule has 0 spiro atoms. The van der Waals surface area contributed by atoms with Crippen molar-refractivity contribution in [2.24, 2.45) is 0 Å². The molecule has 0 aromatic carbocycles. The number of hydrogen-bond donors (Lipinski definition) is 2. The Morgan fingerprint density at radius 3 is 1.45 bits per heavy atom. The molecule has 124 valence electrons. The Hall–Kier alpha value is -1.09. The van der Waals surface area contributed by atoms with Gasteiger partial charge in [-0.2, -0.15) is 0 Å². The molecule has 1 aromatic heterocycles. The number of aromatic nitrogens is 2. The molecule has 0 saturated carbocycles. The molecule has 2 N–H and O–H groups in total. The number of imidazole rings is 1. The SMILES string of the molecule is O=c1n(CP2(=O)OCCO2)c(O)c(O)n1CP1(=O)OCCO1. The molecule has 2 aliphatic rings. The van der Waals surface area contributed by atoms with Crippen LogP contribution in [-0.2, 0) is 39.8 Å². The molecule has 0 unspecified atom stereocenters. The Labute approximate surface area is 124 Å². The highest BCUT2D eigenvalue weighted by atomic mass is 31.2. The highest BCUT2D eigenvalue weighted by molar-refractivity contribution is 7.53. The van der Waals surface area contributed by atoms with Crippen LogP contribution in [-0.4, -0.2) is 45.8 Å². The van der Waals surface area contributed by atoms with Crippen molar-refractivity contribution in [3.8, 4) is 11.8 Å². The molecule has 0 aliphatic carbocycles. The van der Waals surface area contributed by atoms with Crippen molar-refractivity contribution in [3.63, 3.8) is 0 Å². The van der Waals surface area contributed by atoms with Crippen molar-refractivity contribution < 1.29 is 37.4 Å². The fraction of sp³-hybridized carbons (Fsp3) is 0.667. The Morgan fingerprint density at radius 2 is 1.14 bits per heavy atom. The molecule has 0 radical (unpaired) electrons. The van der Waals surface area contributed by atoms with Crippen LogP contribution in [0.15, 0.2) is 4.79 Å². The second kappa shape index (κ2) is 5.52.